The highest BCUT2D eigenvalue weighted by Gasteiger charge is 2.03. The van der Waals surface area contributed by atoms with E-state index in [2.05, 4.69) is 17.5 Å². The molecule has 0 spiro atoms. The number of unbranched alkanes of at least 4 members (excludes halogenated alkanes) is 2. The minimum atomic E-state index is 1.07. The number of hydrogen-bond donors (Lipinski definition) is 1. The summed E-state index contributed by atoms with van der Waals surface area (Å²) < 4.78 is 0. The molecule has 0 unspecified atom stereocenters. The van der Waals surface area contributed by atoms with Crippen LogP contribution in [0, 0.1) is 0 Å². The molecule has 0 aliphatic carbocycles. The van der Waals surface area contributed by atoms with Crippen LogP contribution in [0.5, 0.6) is 0 Å². The monoisotopic (exact) mass is 154 g/mol. The number of rotatable bonds is 4. The van der Waals surface area contributed by atoms with Crippen molar-refractivity contribution >= 4 is 5.71 Å². The van der Waals surface area contributed by atoms with Gasteiger partial charge in [-0.3, -0.25) is 0 Å². The lowest BCUT2D eigenvalue weighted by molar-refractivity contribution is 0.640. The van der Waals surface area contributed by atoms with Crippen LogP contribution >= 0.6 is 0 Å². The van der Waals surface area contributed by atoms with Gasteiger partial charge in [-0.25, -0.2) is 0 Å². The normalized spacial score (nSPS) is 17.4. The van der Waals surface area contributed by atoms with Gasteiger partial charge < -0.3 is 5.43 Å². The second-order valence-corrected chi connectivity index (χ2v) is 3.15. The molecule has 0 saturated carbocycles. The topological polar surface area (TPSA) is 24.4 Å². The van der Waals surface area contributed by atoms with Crippen molar-refractivity contribution in [3.05, 3.63) is 0 Å². The van der Waals surface area contributed by atoms with E-state index in [1.165, 1.54) is 44.2 Å². The summed E-state index contributed by atoms with van der Waals surface area (Å²) in [5.41, 5.74) is 4.43. The zero-order valence-electron chi connectivity index (χ0n) is 7.40. The average Bonchev–Trinajstić information content (AvgIpc) is 2.07. The predicted octanol–water partition coefficient (Wildman–Crippen LogP) is 2.31. The van der Waals surface area contributed by atoms with E-state index in [1.807, 2.05) is 0 Å². The van der Waals surface area contributed by atoms with Gasteiger partial charge in [0.1, 0.15) is 0 Å². The molecule has 1 rings (SSSR count). The standard InChI is InChI=1S/C9H18N2/c1-2-3-4-6-9-7-5-8-10-11-9/h10H,2-8H2,1H3. The smallest absolute Gasteiger partial charge is 0.0379 e. The lowest BCUT2D eigenvalue weighted by Crippen LogP contribution is -2.18. The van der Waals surface area contributed by atoms with E-state index in [4.69, 9.17) is 0 Å². The number of hydrazone groups is 1. The van der Waals surface area contributed by atoms with Crippen LogP contribution < -0.4 is 5.43 Å². The maximum absolute atomic E-state index is 4.27. The summed E-state index contributed by atoms with van der Waals surface area (Å²) in [5, 5.41) is 4.27. The molecule has 0 aromatic carbocycles. The summed E-state index contributed by atoms with van der Waals surface area (Å²) in [6.07, 6.45) is 7.67. The van der Waals surface area contributed by atoms with Gasteiger partial charge >= 0.3 is 0 Å². The molecule has 0 fully saturated rings. The average molecular weight is 154 g/mol. The van der Waals surface area contributed by atoms with E-state index in [9.17, 15) is 0 Å². The summed E-state index contributed by atoms with van der Waals surface area (Å²) in [4.78, 5) is 0. The molecule has 1 N–H and O–H groups in total. The molecule has 0 aromatic rings. The van der Waals surface area contributed by atoms with Gasteiger partial charge in [-0.15, -0.1) is 0 Å². The SMILES string of the molecule is CCCCCC1=NNCCC1. The Morgan fingerprint density at radius 1 is 1.45 bits per heavy atom. The van der Waals surface area contributed by atoms with Crippen molar-refractivity contribution in [1.29, 1.82) is 0 Å². The summed E-state index contributed by atoms with van der Waals surface area (Å²) >= 11 is 0. The minimum absolute atomic E-state index is 1.07. The lowest BCUT2D eigenvalue weighted by Gasteiger charge is -2.12. The highest BCUT2D eigenvalue weighted by atomic mass is 15.3. The predicted molar refractivity (Wildman–Crippen MR) is 48.8 cm³/mol. The van der Waals surface area contributed by atoms with Crippen molar-refractivity contribution in [3.63, 3.8) is 0 Å². The van der Waals surface area contributed by atoms with E-state index in [0.717, 1.165) is 6.54 Å². The summed E-state index contributed by atoms with van der Waals surface area (Å²) in [5.74, 6) is 0. The molecule has 1 aliphatic rings. The van der Waals surface area contributed by atoms with Gasteiger partial charge in [0.2, 0.25) is 0 Å². The maximum Gasteiger partial charge on any atom is 0.0379 e. The molecule has 0 radical (unpaired) electrons. The van der Waals surface area contributed by atoms with Gasteiger partial charge in [-0.1, -0.05) is 19.8 Å². The molecule has 2 nitrogen and oxygen atoms in total. The van der Waals surface area contributed by atoms with E-state index in [1.54, 1.807) is 0 Å². The first-order chi connectivity index (χ1) is 5.43. The Hall–Kier alpha value is -0.530. The first-order valence-corrected chi connectivity index (χ1v) is 4.71. The first kappa shape index (κ1) is 8.57. The van der Waals surface area contributed by atoms with Crippen LogP contribution in [-0.2, 0) is 0 Å². The van der Waals surface area contributed by atoms with Gasteiger partial charge in [0.25, 0.3) is 0 Å². The molecule has 0 amide bonds. The third-order valence-electron chi connectivity index (χ3n) is 2.06. The third kappa shape index (κ3) is 3.40. The lowest BCUT2D eigenvalue weighted by atomic mass is 10.1. The van der Waals surface area contributed by atoms with Gasteiger partial charge in [0.15, 0.2) is 0 Å². The van der Waals surface area contributed by atoms with Crippen LogP contribution in [0.25, 0.3) is 0 Å². The molecule has 64 valence electrons. The molecule has 1 heterocycles. The molecular formula is C9H18N2. The number of nitrogens with zero attached hydrogens (tertiary/aromatic N) is 1. The Kier molecular flexibility index (Phi) is 4.02. The molecule has 0 bridgehead atoms. The number of nitrogens with one attached hydrogen (secondary N) is 1. The van der Waals surface area contributed by atoms with Crippen molar-refractivity contribution in [2.75, 3.05) is 6.54 Å². The van der Waals surface area contributed by atoms with Gasteiger partial charge in [-0.05, 0) is 25.7 Å². The largest absolute Gasteiger partial charge is 0.310 e. The van der Waals surface area contributed by atoms with Crippen molar-refractivity contribution in [1.82, 2.24) is 5.43 Å². The fourth-order valence-electron chi connectivity index (χ4n) is 1.36. The number of hydrogen-bond acceptors (Lipinski definition) is 2. The van der Waals surface area contributed by atoms with Crippen molar-refractivity contribution < 1.29 is 0 Å². The Morgan fingerprint density at radius 3 is 3.00 bits per heavy atom. The first-order valence-electron chi connectivity index (χ1n) is 4.71. The summed E-state index contributed by atoms with van der Waals surface area (Å²) in [6, 6.07) is 0. The van der Waals surface area contributed by atoms with Gasteiger partial charge in [-0.2, -0.15) is 5.10 Å². The van der Waals surface area contributed by atoms with Crippen LogP contribution in [0.15, 0.2) is 5.10 Å². The minimum Gasteiger partial charge on any atom is -0.310 e. The Balaban J connectivity index is 2.09. The highest BCUT2D eigenvalue weighted by Crippen LogP contribution is 2.06. The van der Waals surface area contributed by atoms with Crippen molar-refractivity contribution in [2.24, 2.45) is 5.10 Å². The van der Waals surface area contributed by atoms with Crippen LogP contribution in [-0.4, -0.2) is 12.3 Å². The molecule has 11 heavy (non-hydrogen) atoms. The van der Waals surface area contributed by atoms with Gasteiger partial charge in [0, 0.05) is 12.3 Å². The van der Waals surface area contributed by atoms with Crippen molar-refractivity contribution in [3.8, 4) is 0 Å². The van der Waals surface area contributed by atoms with Crippen molar-refractivity contribution in [2.45, 2.75) is 45.4 Å². The van der Waals surface area contributed by atoms with E-state index in [-0.39, 0.29) is 0 Å². The second kappa shape index (κ2) is 5.16. The molecule has 0 saturated heterocycles. The van der Waals surface area contributed by atoms with Crippen LogP contribution in [0.1, 0.15) is 45.4 Å². The zero-order chi connectivity index (χ0) is 7.94. The fourth-order valence-corrected chi connectivity index (χ4v) is 1.36. The molecular weight excluding hydrogens is 136 g/mol. The highest BCUT2D eigenvalue weighted by molar-refractivity contribution is 5.84. The summed E-state index contributed by atoms with van der Waals surface area (Å²) in [7, 11) is 0. The Bertz CT molecular complexity index is 130. The Labute approximate surface area is 69.1 Å². The van der Waals surface area contributed by atoms with Crippen LogP contribution in [0.3, 0.4) is 0 Å². The van der Waals surface area contributed by atoms with Crippen LogP contribution in [0.4, 0.5) is 0 Å². The van der Waals surface area contributed by atoms with E-state index >= 15 is 0 Å². The van der Waals surface area contributed by atoms with E-state index in [0.29, 0.717) is 0 Å². The fraction of sp³-hybridized carbons (Fsp3) is 0.889. The molecule has 0 atom stereocenters. The second-order valence-electron chi connectivity index (χ2n) is 3.15. The third-order valence-corrected chi connectivity index (χ3v) is 2.06. The zero-order valence-corrected chi connectivity index (χ0v) is 7.40. The van der Waals surface area contributed by atoms with E-state index < -0.39 is 0 Å². The van der Waals surface area contributed by atoms with Crippen LogP contribution in [0.2, 0.25) is 0 Å². The Morgan fingerprint density at radius 2 is 2.36 bits per heavy atom. The molecule has 1 aliphatic heterocycles. The van der Waals surface area contributed by atoms with Gasteiger partial charge in [0.05, 0.1) is 0 Å². The summed E-state index contributed by atoms with van der Waals surface area (Å²) in [6.45, 7) is 3.30. The molecule has 0 aromatic heterocycles. The quantitative estimate of drug-likeness (QED) is 0.617. The molecule has 2 heteroatoms. The maximum atomic E-state index is 4.27.